The van der Waals surface area contributed by atoms with Gasteiger partial charge in [0.05, 0.1) is 12.1 Å². The number of amides is 4. The molecular weight excluding hydrogens is 693 g/mol. The van der Waals surface area contributed by atoms with E-state index in [0.29, 0.717) is 18.1 Å². The Bertz CT molecular complexity index is 1570. The quantitative estimate of drug-likeness (QED) is 0.0674. The fraction of sp³-hybridized carbons (Fsp3) is 0.300. The minimum Gasteiger partial charge on any atom is -0.343 e. The molecule has 0 spiro atoms. The summed E-state index contributed by atoms with van der Waals surface area (Å²) in [6.45, 7) is 0.524. The van der Waals surface area contributed by atoms with E-state index in [4.69, 9.17) is 17.2 Å². The van der Waals surface area contributed by atoms with Crippen molar-refractivity contribution >= 4 is 45.2 Å². The van der Waals surface area contributed by atoms with Crippen LogP contribution in [0.4, 0.5) is 0 Å². The highest BCUT2D eigenvalue weighted by atomic mass is 33.1. The highest BCUT2D eigenvalue weighted by molar-refractivity contribution is 8.76. The van der Waals surface area contributed by atoms with Crippen LogP contribution in [-0.2, 0) is 44.9 Å². The highest BCUT2D eigenvalue weighted by Crippen LogP contribution is 2.21. The predicted octanol–water partition coefficient (Wildman–Crippen LogP) is 3.28. The van der Waals surface area contributed by atoms with Crippen LogP contribution in [0.2, 0.25) is 0 Å². The van der Waals surface area contributed by atoms with Gasteiger partial charge in [0.15, 0.2) is 0 Å². The molecule has 0 saturated carbocycles. The van der Waals surface area contributed by atoms with E-state index < -0.39 is 47.8 Å². The molecule has 52 heavy (non-hydrogen) atoms. The van der Waals surface area contributed by atoms with E-state index in [1.54, 1.807) is 10.8 Å². The van der Waals surface area contributed by atoms with Crippen LogP contribution in [0.5, 0.6) is 0 Å². The lowest BCUT2D eigenvalue weighted by atomic mass is 10.0. The molecule has 0 saturated heterocycles. The molecule has 4 rings (SSSR count). The lowest BCUT2D eigenvalue weighted by Crippen LogP contribution is -2.59. The van der Waals surface area contributed by atoms with Gasteiger partial charge in [0.1, 0.15) is 12.1 Å². The molecule has 0 aromatic heterocycles. The fourth-order valence-electron chi connectivity index (χ4n) is 5.58. The number of nitrogens with one attached hydrogen (secondary N) is 2. The molecule has 4 atom stereocenters. The van der Waals surface area contributed by atoms with Crippen LogP contribution in [0.1, 0.15) is 22.3 Å². The monoisotopic (exact) mass is 740 g/mol. The summed E-state index contributed by atoms with van der Waals surface area (Å²) in [5, 5.41) is 5.73. The average Bonchev–Trinajstić information content (AvgIpc) is 3.16. The summed E-state index contributed by atoms with van der Waals surface area (Å²) < 4.78 is 0. The summed E-state index contributed by atoms with van der Waals surface area (Å²) in [6, 6.07) is 33.2. The first kappa shape index (κ1) is 40.3. The molecule has 4 aromatic rings. The van der Waals surface area contributed by atoms with Crippen molar-refractivity contribution in [2.75, 3.05) is 24.6 Å². The van der Waals surface area contributed by atoms with Crippen molar-refractivity contribution < 1.29 is 19.2 Å². The maximum absolute atomic E-state index is 14.6. The van der Waals surface area contributed by atoms with Crippen LogP contribution in [0.3, 0.4) is 0 Å². The third-order valence-electron chi connectivity index (χ3n) is 8.28. The number of rotatable bonds is 20. The van der Waals surface area contributed by atoms with Crippen molar-refractivity contribution in [3.8, 4) is 0 Å². The molecular formula is C40H48N6O4S2. The zero-order chi connectivity index (χ0) is 37.1. The maximum atomic E-state index is 14.6. The molecule has 0 unspecified atom stereocenters. The van der Waals surface area contributed by atoms with Crippen molar-refractivity contribution in [1.29, 1.82) is 0 Å². The molecule has 274 valence electrons. The van der Waals surface area contributed by atoms with E-state index >= 15 is 0 Å². The summed E-state index contributed by atoms with van der Waals surface area (Å²) in [6.07, 6.45) is 0.788. The summed E-state index contributed by atoms with van der Waals surface area (Å²) in [5.41, 5.74) is 21.7. The molecule has 0 fully saturated rings. The number of hydrogen-bond donors (Lipinski definition) is 5. The molecule has 0 aliphatic carbocycles. The Morgan fingerprint density at radius 1 is 0.519 bits per heavy atom. The average molecular weight is 741 g/mol. The molecule has 4 amide bonds. The smallest absolute Gasteiger partial charge is 0.252 e. The first-order valence-corrected chi connectivity index (χ1v) is 19.8. The molecule has 0 aliphatic heterocycles. The number of carbonyl (C=O) groups is 4. The van der Waals surface area contributed by atoms with Crippen LogP contribution in [0.15, 0.2) is 121 Å². The first-order chi connectivity index (χ1) is 25.2. The van der Waals surface area contributed by atoms with E-state index in [0.717, 1.165) is 27.2 Å². The minimum absolute atomic E-state index is 0.0361. The molecule has 8 N–H and O–H groups in total. The summed E-state index contributed by atoms with van der Waals surface area (Å²) >= 11 is 0. The summed E-state index contributed by atoms with van der Waals surface area (Å²) in [4.78, 5) is 57.5. The second kappa shape index (κ2) is 21.8. The zero-order valence-electron chi connectivity index (χ0n) is 29.1. The second-order valence-corrected chi connectivity index (χ2v) is 15.1. The van der Waals surface area contributed by atoms with Crippen molar-refractivity contribution in [3.05, 3.63) is 144 Å². The first-order valence-electron chi connectivity index (χ1n) is 17.3. The Morgan fingerprint density at radius 3 is 1.19 bits per heavy atom. The normalized spacial score (nSPS) is 13.3. The van der Waals surface area contributed by atoms with Crippen LogP contribution < -0.4 is 27.8 Å². The van der Waals surface area contributed by atoms with Gasteiger partial charge in [-0.1, -0.05) is 143 Å². The van der Waals surface area contributed by atoms with Crippen LogP contribution in [-0.4, -0.2) is 77.3 Å². The lowest BCUT2D eigenvalue weighted by molar-refractivity contribution is -0.149. The van der Waals surface area contributed by atoms with Gasteiger partial charge in [0.25, 0.3) is 11.8 Å². The van der Waals surface area contributed by atoms with Gasteiger partial charge in [-0.3, -0.25) is 24.1 Å². The van der Waals surface area contributed by atoms with E-state index in [9.17, 15) is 19.2 Å². The third-order valence-corrected chi connectivity index (χ3v) is 10.7. The topological polar surface area (TPSA) is 174 Å². The third kappa shape index (κ3) is 13.3. The Kier molecular flexibility index (Phi) is 16.9. The van der Waals surface area contributed by atoms with Gasteiger partial charge in [-0.15, -0.1) is 0 Å². The maximum Gasteiger partial charge on any atom is 0.252 e. The standard InChI is InChI=1S/C40H48N6O4S2/c41-21-23-51-52-24-22-46(39(49)35(27-31-17-9-3-10-18-31)44-37(47)33(42)25-29-13-5-1-6-14-29)40(50)36(28-32-19-11-4-12-20-32)45-38(48)34(43)26-30-15-7-2-8-16-30/h1-20,33-36H,21-28,41-43H2,(H,44,47)(H,45,48)/t33-,34-,35-,36-/m0/s1. The SMILES string of the molecule is NCCSSCCN(C(=O)[C@H](Cc1ccccc1)NC(=O)[C@@H](N)Cc1ccccc1)C(=O)[C@H](Cc1ccccc1)NC(=O)[C@@H](N)Cc1ccccc1. The van der Waals surface area contributed by atoms with E-state index in [1.807, 2.05) is 121 Å². The van der Waals surface area contributed by atoms with Crippen LogP contribution in [0, 0.1) is 0 Å². The number of nitrogens with zero attached hydrogens (tertiary/aromatic N) is 1. The molecule has 0 aliphatic rings. The molecule has 0 heterocycles. The van der Waals surface area contributed by atoms with Gasteiger partial charge in [-0.25, -0.2) is 0 Å². The Balaban J connectivity index is 1.62. The summed E-state index contributed by atoms with van der Waals surface area (Å²) in [5.74, 6) is -1.12. The second-order valence-electron chi connectivity index (χ2n) is 12.4. The minimum atomic E-state index is -1.12. The molecule has 0 radical (unpaired) electrons. The number of nitrogens with two attached hydrogens (primary N) is 3. The largest absolute Gasteiger partial charge is 0.343 e. The highest BCUT2D eigenvalue weighted by Gasteiger charge is 2.36. The van der Waals surface area contributed by atoms with E-state index in [1.165, 1.54) is 10.8 Å². The van der Waals surface area contributed by atoms with E-state index in [-0.39, 0.29) is 32.2 Å². The van der Waals surface area contributed by atoms with Gasteiger partial charge in [-0.05, 0) is 35.1 Å². The molecule has 10 nitrogen and oxygen atoms in total. The van der Waals surface area contributed by atoms with Crippen LogP contribution in [0.25, 0.3) is 0 Å². The van der Waals surface area contributed by atoms with Gasteiger partial charge in [-0.2, -0.15) is 0 Å². The fourth-order valence-corrected chi connectivity index (χ4v) is 7.39. The van der Waals surface area contributed by atoms with Crippen molar-refractivity contribution in [3.63, 3.8) is 0 Å². The predicted molar refractivity (Wildman–Crippen MR) is 211 cm³/mol. The van der Waals surface area contributed by atoms with Crippen molar-refractivity contribution in [2.24, 2.45) is 17.2 Å². The van der Waals surface area contributed by atoms with Gasteiger partial charge in [0, 0.05) is 37.4 Å². The van der Waals surface area contributed by atoms with Crippen molar-refractivity contribution in [2.45, 2.75) is 49.9 Å². The number of hydrogen-bond acceptors (Lipinski definition) is 9. The van der Waals surface area contributed by atoms with Gasteiger partial charge < -0.3 is 27.8 Å². The van der Waals surface area contributed by atoms with Gasteiger partial charge in [0.2, 0.25) is 11.8 Å². The van der Waals surface area contributed by atoms with Crippen molar-refractivity contribution in [1.82, 2.24) is 15.5 Å². The van der Waals surface area contributed by atoms with Gasteiger partial charge >= 0.3 is 0 Å². The lowest BCUT2D eigenvalue weighted by Gasteiger charge is -2.31. The zero-order valence-corrected chi connectivity index (χ0v) is 30.8. The molecule has 12 heteroatoms. The Hall–Kier alpha value is -4.46. The molecule has 0 bridgehead atoms. The van der Waals surface area contributed by atoms with Crippen LogP contribution >= 0.6 is 21.6 Å². The Morgan fingerprint density at radius 2 is 0.846 bits per heavy atom. The van der Waals surface area contributed by atoms with E-state index in [2.05, 4.69) is 10.6 Å². The molecule has 4 aromatic carbocycles. The number of imide groups is 1. The number of carbonyl (C=O) groups excluding carboxylic acids is 4. The number of benzene rings is 4. The summed E-state index contributed by atoms with van der Waals surface area (Å²) in [7, 11) is 3.03. The Labute approximate surface area is 314 Å².